The molecule has 1 aliphatic rings. The van der Waals surface area contributed by atoms with E-state index in [0.29, 0.717) is 34.7 Å². The van der Waals surface area contributed by atoms with Crippen LogP contribution in [-0.2, 0) is 0 Å². The fraction of sp³-hybridized carbons (Fsp3) is 0.227. The number of rotatable bonds is 4. The van der Waals surface area contributed by atoms with E-state index >= 15 is 0 Å². The maximum absolute atomic E-state index is 12.9. The molecule has 0 spiro atoms. The summed E-state index contributed by atoms with van der Waals surface area (Å²) in [6.07, 6.45) is -0.681. The fourth-order valence-electron chi connectivity index (χ4n) is 3.42. The van der Waals surface area contributed by atoms with Crippen molar-refractivity contribution in [2.24, 2.45) is 4.99 Å². The van der Waals surface area contributed by atoms with Crippen LogP contribution in [0.2, 0.25) is 0 Å². The molecule has 0 radical (unpaired) electrons. The monoisotopic (exact) mass is 405 g/mol. The molecule has 0 amide bonds. The minimum absolute atomic E-state index is 0.210. The Morgan fingerprint density at radius 1 is 1.07 bits per heavy atom. The average Bonchev–Trinajstić information content (AvgIpc) is 2.72. The van der Waals surface area contributed by atoms with Crippen molar-refractivity contribution < 1.29 is 9.47 Å². The van der Waals surface area contributed by atoms with Crippen molar-refractivity contribution in [1.82, 2.24) is 9.55 Å². The molecule has 0 aliphatic carbocycles. The fourth-order valence-corrected chi connectivity index (χ4v) is 3.42. The average molecular weight is 405 g/mol. The Bertz CT molecular complexity index is 1190. The van der Waals surface area contributed by atoms with Gasteiger partial charge in [0, 0.05) is 23.0 Å². The van der Waals surface area contributed by atoms with Crippen molar-refractivity contribution in [1.29, 1.82) is 0 Å². The third-order valence-electron chi connectivity index (χ3n) is 4.80. The van der Waals surface area contributed by atoms with Crippen LogP contribution in [-0.4, -0.2) is 29.7 Å². The van der Waals surface area contributed by atoms with Gasteiger partial charge in [-0.05, 0) is 49.7 Å². The minimum atomic E-state index is -0.681. The highest BCUT2D eigenvalue weighted by Crippen LogP contribution is 2.34. The highest BCUT2D eigenvalue weighted by Gasteiger charge is 2.28. The number of nitrogens with one attached hydrogen (secondary N) is 2. The smallest absolute Gasteiger partial charge is 0.257 e. The highest BCUT2D eigenvalue weighted by atomic mass is 16.5. The van der Waals surface area contributed by atoms with Gasteiger partial charge in [-0.25, -0.2) is 9.98 Å². The Morgan fingerprint density at radius 3 is 2.63 bits per heavy atom. The maximum atomic E-state index is 12.9. The van der Waals surface area contributed by atoms with E-state index in [1.165, 1.54) is 10.6 Å². The Labute approximate surface area is 174 Å². The quantitative estimate of drug-likeness (QED) is 0.692. The number of anilines is 2. The first-order valence-electron chi connectivity index (χ1n) is 9.49. The first kappa shape index (κ1) is 19.5. The molecule has 2 N–H and O–H groups in total. The van der Waals surface area contributed by atoms with Crippen LogP contribution in [0.1, 0.15) is 23.0 Å². The number of methoxy groups -OCH3 is 2. The summed E-state index contributed by atoms with van der Waals surface area (Å²) in [6, 6.07) is 14.8. The van der Waals surface area contributed by atoms with Crippen LogP contribution >= 0.6 is 0 Å². The number of aliphatic imine (C=N–C) groups is 1. The SMILES string of the molecule is COc1ccc(OC)c([C@@H]2N=C(Nc3cccc(C)c3)Nc3nc(C)cc(=O)n32)c1. The van der Waals surface area contributed by atoms with E-state index in [9.17, 15) is 4.79 Å². The topological polar surface area (TPSA) is 89.8 Å². The molecule has 2 heterocycles. The summed E-state index contributed by atoms with van der Waals surface area (Å²) in [5.41, 5.74) is 3.09. The zero-order valence-electron chi connectivity index (χ0n) is 17.3. The van der Waals surface area contributed by atoms with Crippen LogP contribution in [0.3, 0.4) is 0 Å². The molecule has 0 bridgehead atoms. The predicted octanol–water partition coefficient (Wildman–Crippen LogP) is 3.32. The molecule has 3 aromatic rings. The van der Waals surface area contributed by atoms with Gasteiger partial charge in [-0.1, -0.05) is 12.1 Å². The maximum Gasteiger partial charge on any atom is 0.257 e. The summed E-state index contributed by atoms with van der Waals surface area (Å²) >= 11 is 0. The first-order valence-corrected chi connectivity index (χ1v) is 9.49. The Hall–Kier alpha value is -3.81. The van der Waals surface area contributed by atoms with E-state index in [1.54, 1.807) is 33.3 Å². The lowest BCUT2D eigenvalue weighted by Crippen LogP contribution is -2.37. The summed E-state index contributed by atoms with van der Waals surface area (Å²) in [5.74, 6) is 2.12. The number of guanidine groups is 1. The van der Waals surface area contributed by atoms with Crippen molar-refractivity contribution in [2.45, 2.75) is 20.0 Å². The lowest BCUT2D eigenvalue weighted by atomic mass is 10.1. The molecule has 30 heavy (non-hydrogen) atoms. The molecule has 8 nitrogen and oxygen atoms in total. The predicted molar refractivity (Wildman–Crippen MR) is 117 cm³/mol. The first-order chi connectivity index (χ1) is 14.5. The summed E-state index contributed by atoms with van der Waals surface area (Å²) in [6.45, 7) is 3.80. The van der Waals surface area contributed by atoms with Crippen molar-refractivity contribution in [3.8, 4) is 11.5 Å². The standard InChI is InChI=1S/C22H23N5O3/c1-13-6-5-7-15(10-13)24-21-25-20(17-12-16(29-3)8-9-18(17)30-4)27-19(28)11-14(2)23-22(27)26-21/h5-12,20H,1-4H3,(H2,23,24,25,26)/t20-/m1/s1. The van der Waals surface area contributed by atoms with Crippen LogP contribution in [0.4, 0.5) is 11.6 Å². The number of hydrogen-bond acceptors (Lipinski definition) is 7. The number of nitrogens with zero attached hydrogens (tertiary/aromatic N) is 3. The molecule has 0 saturated carbocycles. The molecule has 1 atom stereocenters. The van der Waals surface area contributed by atoms with E-state index in [-0.39, 0.29) is 5.56 Å². The Balaban J connectivity index is 1.86. The van der Waals surface area contributed by atoms with Gasteiger partial charge < -0.3 is 14.8 Å². The second-order valence-corrected chi connectivity index (χ2v) is 7.01. The second kappa shape index (κ2) is 7.90. The largest absolute Gasteiger partial charge is 0.497 e. The van der Waals surface area contributed by atoms with Crippen molar-refractivity contribution in [3.05, 3.63) is 75.7 Å². The van der Waals surface area contributed by atoms with Gasteiger partial charge >= 0.3 is 0 Å². The molecule has 4 rings (SSSR count). The number of ether oxygens (including phenoxy) is 2. The zero-order valence-corrected chi connectivity index (χ0v) is 17.3. The number of fused-ring (bicyclic) bond motifs is 1. The van der Waals surface area contributed by atoms with Gasteiger partial charge in [-0.2, -0.15) is 0 Å². The molecule has 154 valence electrons. The van der Waals surface area contributed by atoms with Crippen LogP contribution in [0, 0.1) is 13.8 Å². The van der Waals surface area contributed by atoms with E-state index in [1.807, 2.05) is 37.3 Å². The number of aryl methyl sites for hydroxylation is 2. The molecule has 0 unspecified atom stereocenters. The van der Waals surface area contributed by atoms with Crippen LogP contribution in [0.15, 0.2) is 58.3 Å². The van der Waals surface area contributed by atoms with Crippen LogP contribution in [0.5, 0.6) is 11.5 Å². The number of hydrogen-bond donors (Lipinski definition) is 2. The molecule has 0 saturated heterocycles. The molecule has 8 heteroatoms. The van der Waals surface area contributed by atoms with Gasteiger partial charge in [-0.3, -0.25) is 14.7 Å². The van der Waals surface area contributed by atoms with Gasteiger partial charge in [0.2, 0.25) is 11.9 Å². The lowest BCUT2D eigenvalue weighted by Gasteiger charge is -2.28. The van der Waals surface area contributed by atoms with Gasteiger partial charge in [0.1, 0.15) is 11.5 Å². The summed E-state index contributed by atoms with van der Waals surface area (Å²) in [7, 11) is 3.17. The molecule has 0 fully saturated rings. The van der Waals surface area contributed by atoms with Crippen molar-refractivity contribution in [2.75, 3.05) is 24.9 Å². The molecule has 1 aliphatic heterocycles. The minimum Gasteiger partial charge on any atom is -0.497 e. The molecule has 2 aromatic carbocycles. The summed E-state index contributed by atoms with van der Waals surface area (Å²) in [4.78, 5) is 22.1. The van der Waals surface area contributed by atoms with Gasteiger partial charge in [0.25, 0.3) is 5.56 Å². The van der Waals surface area contributed by atoms with Gasteiger partial charge in [0.15, 0.2) is 6.17 Å². The zero-order chi connectivity index (χ0) is 21.3. The third-order valence-corrected chi connectivity index (χ3v) is 4.80. The van der Waals surface area contributed by atoms with Gasteiger partial charge in [0.05, 0.1) is 14.2 Å². The van der Waals surface area contributed by atoms with Crippen molar-refractivity contribution >= 4 is 17.6 Å². The Morgan fingerprint density at radius 2 is 1.90 bits per heavy atom. The Kier molecular flexibility index (Phi) is 5.14. The molecule has 1 aromatic heterocycles. The van der Waals surface area contributed by atoms with E-state index in [4.69, 9.17) is 14.5 Å². The second-order valence-electron chi connectivity index (χ2n) is 7.01. The number of aromatic nitrogens is 2. The van der Waals surface area contributed by atoms with Gasteiger partial charge in [-0.15, -0.1) is 0 Å². The van der Waals surface area contributed by atoms with E-state index in [0.717, 1.165) is 11.3 Å². The molecular weight excluding hydrogens is 382 g/mol. The van der Waals surface area contributed by atoms with Crippen LogP contribution < -0.4 is 25.7 Å². The lowest BCUT2D eigenvalue weighted by molar-refractivity contribution is 0.391. The van der Waals surface area contributed by atoms with E-state index in [2.05, 4.69) is 15.6 Å². The van der Waals surface area contributed by atoms with Crippen molar-refractivity contribution in [3.63, 3.8) is 0 Å². The highest BCUT2D eigenvalue weighted by molar-refractivity contribution is 6.03. The normalized spacial score (nSPS) is 14.9. The molecular formula is C22H23N5O3. The summed E-state index contributed by atoms with van der Waals surface area (Å²) in [5, 5.41) is 6.41. The number of benzene rings is 2. The van der Waals surface area contributed by atoms with Crippen LogP contribution in [0.25, 0.3) is 0 Å². The summed E-state index contributed by atoms with van der Waals surface area (Å²) < 4.78 is 12.4. The van der Waals surface area contributed by atoms with E-state index < -0.39 is 6.17 Å². The third kappa shape index (κ3) is 3.71.